The second-order valence-corrected chi connectivity index (χ2v) is 4.70. The summed E-state index contributed by atoms with van der Waals surface area (Å²) in [4.78, 5) is 13.1. The number of para-hydroxylation sites is 2. The molecule has 0 atom stereocenters. The van der Waals surface area contributed by atoms with Crippen LogP contribution in [-0.2, 0) is 4.79 Å². The minimum absolute atomic E-state index is 0.146. The van der Waals surface area contributed by atoms with Crippen molar-refractivity contribution in [2.45, 2.75) is 32.8 Å². The molecule has 0 unspecified atom stereocenters. The van der Waals surface area contributed by atoms with Gasteiger partial charge in [0.25, 0.3) is 0 Å². The van der Waals surface area contributed by atoms with Crippen molar-refractivity contribution in [2.24, 2.45) is 0 Å². The first-order valence-corrected chi connectivity index (χ1v) is 6.84. The van der Waals surface area contributed by atoms with Crippen LogP contribution in [0.5, 0.6) is 11.5 Å². The lowest BCUT2D eigenvalue weighted by Gasteiger charge is -2.31. The van der Waals surface area contributed by atoms with E-state index in [9.17, 15) is 4.79 Å². The van der Waals surface area contributed by atoms with Gasteiger partial charge in [0.15, 0.2) is 11.5 Å². The molecule has 0 bridgehead atoms. The Balaban J connectivity index is 1.93. The van der Waals surface area contributed by atoms with Gasteiger partial charge in [0.1, 0.15) is 6.10 Å². The van der Waals surface area contributed by atoms with E-state index in [2.05, 4.69) is 0 Å². The van der Waals surface area contributed by atoms with Crippen LogP contribution in [-0.4, -0.2) is 36.6 Å². The Morgan fingerprint density at radius 3 is 2.47 bits per heavy atom. The maximum atomic E-state index is 11.3. The second kappa shape index (κ2) is 6.45. The summed E-state index contributed by atoms with van der Waals surface area (Å²) in [6.45, 7) is 5.75. The third-order valence-electron chi connectivity index (χ3n) is 3.33. The number of ether oxygens (including phenoxy) is 2. The quantitative estimate of drug-likeness (QED) is 0.837. The summed E-state index contributed by atoms with van der Waals surface area (Å²) in [5, 5.41) is 0. The van der Waals surface area contributed by atoms with E-state index >= 15 is 0 Å². The highest BCUT2D eigenvalue weighted by Crippen LogP contribution is 2.29. The Morgan fingerprint density at radius 2 is 1.89 bits per heavy atom. The number of amides is 1. The smallest absolute Gasteiger partial charge is 0.219 e. The van der Waals surface area contributed by atoms with Crippen molar-refractivity contribution in [1.29, 1.82) is 0 Å². The van der Waals surface area contributed by atoms with Gasteiger partial charge < -0.3 is 14.4 Å². The number of piperidine rings is 1. The van der Waals surface area contributed by atoms with E-state index in [1.54, 1.807) is 6.92 Å². The fourth-order valence-corrected chi connectivity index (χ4v) is 2.29. The molecule has 1 aromatic carbocycles. The Labute approximate surface area is 114 Å². The average Bonchev–Trinajstić information content (AvgIpc) is 2.42. The van der Waals surface area contributed by atoms with Crippen LogP contribution in [0.25, 0.3) is 0 Å². The van der Waals surface area contributed by atoms with Crippen molar-refractivity contribution in [3.05, 3.63) is 24.3 Å². The third kappa shape index (κ3) is 3.63. The molecule has 1 aliphatic rings. The van der Waals surface area contributed by atoms with Crippen molar-refractivity contribution < 1.29 is 14.3 Å². The summed E-state index contributed by atoms with van der Waals surface area (Å²) in [6.07, 6.45) is 1.91. The molecule has 0 N–H and O–H groups in total. The van der Waals surface area contributed by atoms with Gasteiger partial charge in [0, 0.05) is 32.9 Å². The molecular formula is C15H21NO3. The van der Waals surface area contributed by atoms with Crippen molar-refractivity contribution >= 4 is 5.91 Å². The number of rotatable bonds is 4. The molecule has 104 valence electrons. The van der Waals surface area contributed by atoms with Crippen LogP contribution in [0.1, 0.15) is 26.7 Å². The average molecular weight is 263 g/mol. The second-order valence-electron chi connectivity index (χ2n) is 4.70. The molecule has 0 radical (unpaired) electrons. The Kier molecular flexibility index (Phi) is 4.66. The van der Waals surface area contributed by atoms with Crippen molar-refractivity contribution in [1.82, 2.24) is 4.90 Å². The lowest BCUT2D eigenvalue weighted by molar-refractivity contribution is -0.130. The summed E-state index contributed by atoms with van der Waals surface area (Å²) in [5.41, 5.74) is 0. The monoisotopic (exact) mass is 263 g/mol. The first-order valence-electron chi connectivity index (χ1n) is 6.84. The Hall–Kier alpha value is -1.71. The van der Waals surface area contributed by atoms with Gasteiger partial charge in [-0.15, -0.1) is 0 Å². The fourth-order valence-electron chi connectivity index (χ4n) is 2.29. The van der Waals surface area contributed by atoms with E-state index in [0.29, 0.717) is 6.61 Å². The Bertz CT molecular complexity index is 425. The van der Waals surface area contributed by atoms with Gasteiger partial charge in [0.2, 0.25) is 5.91 Å². The standard InChI is InChI=1S/C15H21NO3/c1-3-18-14-6-4-5-7-15(14)19-13-8-10-16(11-9-13)12(2)17/h4-7,13H,3,8-11H2,1-2H3. The number of hydrogen-bond donors (Lipinski definition) is 0. The summed E-state index contributed by atoms with van der Waals surface area (Å²) < 4.78 is 11.6. The highest BCUT2D eigenvalue weighted by molar-refractivity contribution is 5.73. The molecular weight excluding hydrogens is 242 g/mol. The van der Waals surface area contributed by atoms with Gasteiger partial charge in [-0.25, -0.2) is 0 Å². The summed E-state index contributed by atoms with van der Waals surface area (Å²) in [7, 11) is 0. The summed E-state index contributed by atoms with van der Waals surface area (Å²) >= 11 is 0. The molecule has 0 aliphatic carbocycles. The first kappa shape index (κ1) is 13.7. The minimum Gasteiger partial charge on any atom is -0.490 e. The molecule has 2 rings (SSSR count). The number of carbonyl (C=O) groups excluding carboxylic acids is 1. The van der Waals surface area contributed by atoms with Crippen LogP contribution in [0.15, 0.2) is 24.3 Å². The molecule has 19 heavy (non-hydrogen) atoms. The zero-order valence-electron chi connectivity index (χ0n) is 11.6. The van der Waals surface area contributed by atoms with Gasteiger partial charge in [0.05, 0.1) is 6.61 Å². The molecule has 1 amide bonds. The van der Waals surface area contributed by atoms with Gasteiger partial charge in [-0.1, -0.05) is 12.1 Å². The zero-order chi connectivity index (χ0) is 13.7. The van der Waals surface area contributed by atoms with Gasteiger partial charge in [-0.3, -0.25) is 4.79 Å². The molecule has 1 fully saturated rings. The van der Waals surface area contributed by atoms with E-state index in [-0.39, 0.29) is 12.0 Å². The molecule has 4 nitrogen and oxygen atoms in total. The van der Waals surface area contributed by atoms with E-state index in [1.165, 1.54) is 0 Å². The number of nitrogens with zero attached hydrogens (tertiary/aromatic N) is 1. The fraction of sp³-hybridized carbons (Fsp3) is 0.533. The summed E-state index contributed by atoms with van der Waals surface area (Å²) in [6, 6.07) is 7.74. The largest absolute Gasteiger partial charge is 0.490 e. The van der Waals surface area contributed by atoms with Crippen LogP contribution >= 0.6 is 0 Å². The lowest BCUT2D eigenvalue weighted by Crippen LogP contribution is -2.40. The van der Waals surface area contributed by atoms with Crippen LogP contribution in [0.3, 0.4) is 0 Å². The van der Waals surface area contributed by atoms with Crippen molar-refractivity contribution in [3.8, 4) is 11.5 Å². The third-order valence-corrected chi connectivity index (χ3v) is 3.33. The van der Waals surface area contributed by atoms with E-state index in [4.69, 9.17) is 9.47 Å². The van der Waals surface area contributed by atoms with Crippen molar-refractivity contribution in [3.63, 3.8) is 0 Å². The number of carbonyl (C=O) groups is 1. The lowest BCUT2D eigenvalue weighted by atomic mass is 10.1. The van der Waals surface area contributed by atoms with E-state index in [0.717, 1.165) is 37.4 Å². The highest BCUT2D eigenvalue weighted by atomic mass is 16.5. The van der Waals surface area contributed by atoms with Gasteiger partial charge in [-0.2, -0.15) is 0 Å². The molecule has 0 spiro atoms. The number of likely N-dealkylation sites (tertiary alicyclic amines) is 1. The maximum absolute atomic E-state index is 11.3. The normalized spacial score (nSPS) is 16.2. The topological polar surface area (TPSA) is 38.8 Å². The van der Waals surface area contributed by atoms with E-state index < -0.39 is 0 Å². The highest BCUT2D eigenvalue weighted by Gasteiger charge is 2.22. The van der Waals surface area contributed by atoms with Crippen LogP contribution < -0.4 is 9.47 Å². The molecule has 1 saturated heterocycles. The predicted octanol–water partition coefficient (Wildman–Crippen LogP) is 2.48. The van der Waals surface area contributed by atoms with E-state index in [1.807, 2.05) is 36.1 Å². The minimum atomic E-state index is 0.146. The number of hydrogen-bond acceptors (Lipinski definition) is 3. The number of benzene rings is 1. The van der Waals surface area contributed by atoms with Crippen LogP contribution in [0.4, 0.5) is 0 Å². The van der Waals surface area contributed by atoms with Crippen molar-refractivity contribution in [2.75, 3.05) is 19.7 Å². The molecule has 1 aliphatic heterocycles. The first-order chi connectivity index (χ1) is 9.20. The molecule has 1 heterocycles. The van der Waals surface area contributed by atoms with Crippen LogP contribution in [0, 0.1) is 0 Å². The molecule has 0 saturated carbocycles. The zero-order valence-corrected chi connectivity index (χ0v) is 11.6. The SMILES string of the molecule is CCOc1ccccc1OC1CCN(C(C)=O)CC1. The molecule has 1 aromatic rings. The van der Waals surface area contributed by atoms with Gasteiger partial charge in [-0.05, 0) is 19.1 Å². The molecule has 0 aromatic heterocycles. The van der Waals surface area contributed by atoms with Crippen LogP contribution in [0.2, 0.25) is 0 Å². The predicted molar refractivity (Wildman–Crippen MR) is 73.5 cm³/mol. The van der Waals surface area contributed by atoms with Gasteiger partial charge >= 0.3 is 0 Å². The Morgan fingerprint density at radius 1 is 1.26 bits per heavy atom. The summed E-state index contributed by atoms with van der Waals surface area (Å²) in [5.74, 6) is 1.73. The maximum Gasteiger partial charge on any atom is 0.219 e. The molecule has 4 heteroatoms.